The molecule has 0 bridgehead atoms. The fourth-order valence-electron chi connectivity index (χ4n) is 2.75. The van der Waals surface area contributed by atoms with Crippen molar-refractivity contribution < 1.29 is 19.0 Å². The van der Waals surface area contributed by atoms with E-state index in [-0.39, 0.29) is 5.75 Å². The average molecular weight is 281 g/mol. The molecule has 4 nitrogen and oxygen atoms in total. The highest BCUT2D eigenvalue weighted by atomic mass is 19.1. The van der Waals surface area contributed by atoms with Crippen LogP contribution in [0.15, 0.2) is 18.2 Å². The number of piperidine rings is 1. The second kappa shape index (κ2) is 5.79. The van der Waals surface area contributed by atoms with Crippen molar-refractivity contribution in [3.8, 4) is 5.75 Å². The van der Waals surface area contributed by atoms with Crippen LogP contribution in [0, 0.1) is 5.82 Å². The van der Waals surface area contributed by atoms with Crippen LogP contribution in [-0.4, -0.2) is 36.2 Å². The van der Waals surface area contributed by atoms with E-state index in [0.717, 1.165) is 32.4 Å². The lowest BCUT2D eigenvalue weighted by atomic mass is 9.88. The van der Waals surface area contributed by atoms with Crippen LogP contribution >= 0.6 is 0 Å². The molecule has 1 aliphatic heterocycles. The summed E-state index contributed by atoms with van der Waals surface area (Å²) >= 11 is 0. The van der Waals surface area contributed by atoms with E-state index in [2.05, 4.69) is 0 Å². The van der Waals surface area contributed by atoms with Gasteiger partial charge in [0.15, 0.2) is 11.6 Å². The minimum atomic E-state index is -1.20. The van der Waals surface area contributed by atoms with E-state index < -0.39 is 17.3 Å². The number of hydrogen-bond acceptors (Lipinski definition) is 3. The van der Waals surface area contributed by atoms with Crippen molar-refractivity contribution in [1.82, 2.24) is 4.90 Å². The Morgan fingerprint density at radius 1 is 1.35 bits per heavy atom. The summed E-state index contributed by atoms with van der Waals surface area (Å²) in [6.45, 7) is 3.08. The molecular weight excluding hydrogens is 261 g/mol. The van der Waals surface area contributed by atoms with Crippen LogP contribution in [0.4, 0.5) is 4.39 Å². The lowest BCUT2D eigenvalue weighted by Crippen LogP contribution is -2.51. The molecule has 1 unspecified atom stereocenters. The number of methoxy groups -OCH3 is 1. The van der Waals surface area contributed by atoms with E-state index in [9.17, 15) is 14.3 Å². The van der Waals surface area contributed by atoms with Crippen LogP contribution in [0.1, 0.15) is 31.7 Å². The van der Waals surface area contributed by atoms with Gasteiger partial charge in [0.25, 0.3) is 0 Å². The molecule has 2 rings (SSSR count). The fourth-order valence-corrected chi connectivity index (χ4v) is 2.75. The monoisotopic (exact) mass is 281 g/mol. The van der Waals surface area contributed by atoms with Gasteiger partial charge in [0.05, 0.1) is 7.11 Å². The van der Waals surface area contributed by atoms with Crippen molar-refractivity contribution in [3.63, 3.8) is 0 Å². The molecule has 0 amide bonds. The number of ether oxygens (including phenoxy) is 1. The van der Waals surface area contributed by atoms with Crippen molar-refractivity contribution in [2.45, 2.75) is 31.7 Å². The number of halogens is 1. The summed E-state index contributed by atoms with van der Waals surface area (Å²) in [6.07, 6.45) is 3.06. The Morgan fingerprint density at radius 2 is 2.00 bits per heavy atom. The van der Waals surface area contributed by atoms with Gasteiger partial charge < -0.3 is 9.84 Å². The van der Waals surface area contributed by atoms with Crippen molar-refractivity contribution in [1.29, 1.82) is 0 Å². The minimum absolute atomic E-state index is 0.125. The van der Waals surface area contributed by atoms with E-state index in [4.69, 9.17) is 4.74 Å². The highest BCUT2D eigenvalue weighted by Gasteiger charge is 2.42. The zero-order chi connectivity index (χ0) is 14.8. The fraction of sp³-hybridized carbons (Fsp3) is 0.533. The predicted octanol–water partition coefficient (Wildman–Crippen LogP) is 2.62. The molecule has 0 spiro atoms. The van der Waals surface area contributed by atoms with E-state index in [1.165, 1.54) is 19.2 Å². The molecule has 1 aliphatic rings. The number of aliphatic carboxylic acids is 1. The number of carboxylic acids is 1. The van der Waals surface area contributed by atoms with Gasteiger partial charge in [-0.15, -0.1) is 0 Å². The Balaban J connectivity index is 2.41. The summed E-state index contributed by atoms with van der Waals surface area (Å²) in [4.78, 5) is 13.7. The van der Waals surface area contributed by atoms with Gasteiger partial charge in [0, 0.05) is 0 Å². The SMILES string of the molecule is COc1ccc(C(C)(C(=O)O)N2CCCCC2)cc1F. The highest BCUT2D eigenvalue weighted by Crippen LogP contribution is 2.33. The largest absolute Gasteiger partial charge is 0.494 e. The normalized spacial score (nSPS) is 19.4. The van der Waals surface area contributed by atoms with Gasteiger partial charge >= 0.3 is 5.97 Å². The van der Waals surface area contributed by atoms with Gasteiger partial charge in [0.1, 0.15) is 5.54 Å². The first-order valence-corrected chi connectivity index (χ1v) is 6.82. The second-order valence-corrected chi connectivity index (χ2v) is 5.27. The molecule has 0 aliphatic carbocycles. The maximum Gasteiger partial charge on any atom is 0.328 e. The number of hydrogen-bond donors (Lipinski definition) is 1. The number of likely N-dealkylation sites (tertiary alicyclic amines) is 1. The number of benzene rings is 1. The molecule has 0 aromatic heterocycles. The number of rotatable bonds is 4. The Labute approximate surface area is 118 Å². The lowest BCUT2D eigenvalue weighted by Gasteiger charge is -2.40. The van der Waals surface area contributed by atoms with Crippen molar-refractivity contribution in [2.24, 2.45) is 0 Å². The summed E-state index contributed by atoms with van der Waals surface area (Å²) in [5.74, 6) is -1.36. The molecule has 1 fully saturated rings. The Kier molecular flexibility index (Phi) is 4.28. The number of nitrogens with zero attached hydrogens (tertiary/aromatic N) is 1. The van der Waals surface area contributed by atoms with E-state index >= 15 is 0 Å². The summed E-state index contributed by atoms with van der Waals surface area (Å²) in [6, 6.07) is 4.38. The molecule has 1 aromatic carbocycles. The van der Waals surface area contributed by atoms with Crippen LogP contribution < -0.4 is 4.74 Å². The van der Waals surface area contributed by atoms with Crippen molar-refractivity contribution in [2.75, 3.05) is 20.2 Å². The molecule has 1 saturated heterocycles. The first kappa shape index (κ1) is 14.8. The first-order valence-electron chi connectivity index (χ1n) is 6.82. The van der Waals surface area contributed by atoms with Gasteiger partial charge in [0.2, 0.25) is 0 Å². The van der Waals surface area contributed by atoms with Crippen LogP contribution in [0.25, 0.3) is 0 Å². The molecule has 1 atom stereocenters. The molecule has 110 valence electrons. The molecular formula is C15H20FNO3. The smallest absolute Gasteiger partial charge is 0.328 e. The Hall–Kier alpha value is -1.62. The third kappa shape index (κ3) is 2.50. The van der Waals surface area contributed by atoms with E-state index in [0.29, 0.717) is 5.56 Å². The second-order valence-electron chi connectivity index (χ2n) is 5.27. The van der Waals surface area contributed by atoms with E-state index in [1.54, 1.807) is 13.0 Å². The van der Waals surface area contributed by atoms with Crippen LogP contribution in [0.2, 0.25) is 0 Å². The third-order valence-electron chi connectivity index (χ3n) is 4.12. The molecule has 20 heavy (non-hydrogen) atoms. The zero-order valence-corrected chi connectivity index (χ0v) is 11.9. The first-order chi connectivity index (χ1) is 9.50. The molecule has 0 saturated carbocycles. The maximum atomic E-state index is 13.9. The van der Waals surface area contributed by atoms with Gasteiger partial charge in [-0.05, 0) is 50.6 Å². The summed E-state index contributed by atoms with van der Waals surface area (Å²) < 4.78 is 18.8. The lowest BCUT2D eigenvalue weighted by molar-refractivity contribution is -0.152. The Bertz CT molecular complexity index is 500. The summed E-state index contributed by atoms with van der Waals surface area (Å²) in [5, 5.41) is 9.66. The molecule has 1 heterocycles. The number of carbonyl (C=O) groups is 1. The van der Waals surface area contributed by atoms with Crippen molar-refractivity contribution in [3.05, 3.63) is 29.6 Å². The zero-order valence-electron chi connectivity index (χ0n) is 11.9. The van der Waals surface area contributed by atoms with Crippen molar-refractivity contribution >= 4 is 5.97 Å². The topological polar surface area (TPSA) is 49.8 Å². The van der Waals surface area contributed by atoms with Crippen LogP contribution in [0.3, 0.4) is 0 Å². The molecule has 1 aromatic rings. The number of carboxylic acid groups (broad SMARTS) is 1. The molecule has 0 radical (unpaired) electrons. The summed E-state index contributed by atoms with van der Waals surface area (Å²) in [7, 11) is 1.39. The van der Waals surface area contributed by atoms with Gasteiger partial charge in [-0.3, -0.25) is 4.90 Å². The molecule has 1 N–H and O–H groups in total. The predicted molar refractivity (Wildman–Crippen MR) is 73.4 cm³/mol. The molecule has 5 heteroatoms. The average Bonchev–Trinajstić information content (AvgIpc) is 2.47. The van der Waals surface area contributed by atoms with Gasteiger partial charge in [-0.1, -0.05) is 12.5 Å². The quantitative estimate of drug-likeness (QED) is 0.921. The highest BCUT2D eigenvalue weighted by molar-refractivity contribution is 5.80. The maximum absolute atomic E-state index is 13.9. The minimum Gasteiger partial charge on any atom is -0.494 e. The third-order valence-corrected chi connectivity index (χ3v) is 4.12. The summed E-state index contributed by atoms with van der Waals surface area (Å²) in [5.41, 5.74) is -0.752. The van der Waals surface area contributed by atoms with Crippen LogP contribution in [0.5, 0.6) is 5.75 Å². The Morgan fingerprint density at radius 3 is 2.50 bits per heavy atom. The van der Waals surface area contributed by atoms with Crippen LogP contribution in [-0.2, 0) is 10.3 Å². The van der Waals surface area contributed by atoms with Gasteiger partial charge in [-0.25, -0.2) is 9.18 Å². The standard InChI is InChI=1S/C15H20FNO3/c1-15(14(18)19,17-8-4-3-5-9-17)11-6-7-13(20-2)12(16)10-11/h6-7,10H,3-5,8-9H2,1-2H3,(H,18,19). The van der Waals surface area contributed by atoms with E-state index in [1.807, 2.05) is 4.90 Å². The van der Waals surface area contributed by atoms with Gasteiger partial charge in [-0.2, -0.15) is 0 Å².